The van der Waals surface area contributed by atoms with Crippen molar-refractivity contribution in [1.82, 2.24) is 4.90 Å². The summed E-state index contributed by atoms with van der Waals surface area (Å²) in [5.74, 6) is 1.33. The monoisotopic (exact) mass is 402 g/mol. The van der Waals surface area contributed by atoms with Crippen molar-refractivity contribution < 1.29 is 9.84 Å². The zero-order chi connectivity index (χ0) is 20.1. The van der Waals surface area contributed by atoms with Gasteiger partial charge in [-0.3, -0.25) is 4.90 Å². The first-order valence-corrected chi connectivity index (χ1v) is 10.4. The summed E-state index contributed by atoms with van der Waals surface area (Å²) in [7, 11) is 0. The molecule has 0 saturated carbocycles. The van der Waals surface area contributed by atoms with E-state index in [1.54, 1.807) is 0 Å². The second kappa shape index (κ2) is 9.64. The number of piperazine rings is 1. The number of aryl methyl sites for hydroxylation is 1. The number of aliphatic hydroxyl groups excluding tert-OH is 1. The quantitative estimate of drug-likeness (QED) is 0.747. The van der Waals surface area contributed by atoms with Crippen LogP contribution in [0.25, 0.3) is 0 Å². The molecule has 1 saturated heterocycles. The predicted octanol–water partition coefficient (Wildman–Crippen LogP) is 4.33. The fourth-order valence-electron chi connectivity index (χ4n) is 3.79. The van der Waals surface area contributed by atoms with Crippen LogP contribution in [0.4, 0.5) is 5.69 Å². The van der Waals surface area contributed by atoms with Crippen LogP contribution in [0.3, 0.4) is 0 Å². The summed E-state index contributed by atoms with van der Waals surface area (Å²) in [6.45, 7) is 11.2. The van der Waals surface area contributed by atoms with Crippen LogP contribution in [0.2, 0.25) is 5.02 Å². The van der Waals surface area contributed by atoms with Gasteiger partial charge in [-0.1, -0.05) is 37.6 Å². The standard InChI is InChI=1S/C23H31ClN2O2/c1-17(2)23-8-7-22(13-18(23)3)28-16-21(27)15-25-9-11-26(12-10-25)20-6-4-5-19(24)14-20/h4-8,13-14,17,21,27H,9-12,15-16H2,1-3H3. The molecule has 152 valence electrons. The highest BCUT2D eigenvalue weighted by molar-refractivity contribution is 6.30. The van der Waals surface area contributed by atoms with E-state index in [1.165, 1.54) is 11.1 Å². The van der Waals surface area contributed by atoms with Gasteiger partial charge in [0.15, 0.2) is 0 Å². The minimum absolute atomic E-state index is 0.314. The van der Waals surface area contributed by atoms with Gasteiger partial charge in [-0.25, -0.2) is 0 Å². The molecule has 0 aliphatic carbocycles. The maximum Gasteiger partial charge on any atom is 0.119 e. The van der Waals surface area contributed by atoms with Crippen LogP contribution in [0.5, 0.6) is 5.75 Å². The van der Waals surface area contributed by atoms with Crippen LogP contribution in [0.1, 0.15) is 30.9 Å². The van der Waals surface area contributed by atoms with Gasteiger partial charge in [-0.2, -0.15) is 0 Å². The Balaban J connectivity index is 1.43. The molecule has 0 radical (unpaired) electrons. The minimum Gasteiger partial charge on any atom is -0.491 e. The maximum absolute atomic E-state index is 10.4. The van der Waals surface area contributed by atoms with Gasteiger partial charge in [-0.05, 0) is 54.3 Å². The Labute approximate surface area is 173 Å². The van der Waals surface area contributed by atoms with Gasteiger partial charge < -0.3 is 14.7 Å². The second-order valence-electron chi connectivity index (χ2n) is 7.91. The average Bonchev–Trinajstić information content (AvgIpc) is 2.67. The molecule has 2 aromatic carbocycles. The number of nitrogens with zero attached hydrogens (tertiary/aromatic N) is 2. The Kier molecular flexibility index (Phi) is 7.22. The van der Waals surface area contributed by atoms with E-state index in [2.05, 4.69) is 48.8 Å². The van der Waals surface area contributed by atoms with E-state index in [0.717, 1.165) is 42.6 Å². The smallest absolute Gasteiger partial charge is 0.119 e. The first kappa shape index (κ1) is 21.0. The fourth-order valence-corrected chi connectivity index (χ4v) is 3.97. The number of anilines is 1. The van der Waals surface area contributed by atoms with Crippen molar-refractivity contribution in [1.29, 1.82) is 0 Å². The molecule has 1 aliphatic rings. The van der Waals surface area contributed by atoms with E-state index >= 15 is 0 Å². The lowest BCUT2D eigenvalue weighted by Gasteiger charge is -2.36. The number of ether oxygens (including phenoxy) is 1. The first-order chi connectivity index (χ1) is 13.4. The summed E-state index contributed by atoms with van der Waals surface area (Å²) in [6.07, 6.45) is -0.497. The van der Waals surface area contributed by atoms with Gasteiger partial charge in [0, 0.05) is 43.4 Å². The third-order valence-electron chi connectivity index (χ3n) is 5.32. The van der Waals surface area contributed by atoms with E-state index in [4.69, 9.17) is 16.3 Å². The summed E-state index contributed by atoms with van der Waals surface area (Å²) >= 11 is 6.10. The lowest BCUT2D eigenvalue weighted by molar-refractivity contribution is 0.0663. The van der Waals surface area contributed by atoms with Gasteiger partial charge >= 0.3 is 0 Å². The Morgan fingerprint density at radius 3 is 2.46 bits per heavy atom. The molecule has 4 nitrogen and oxygen atoms in total. The lowest BCUT2D eigenvalue weighted by Crippen LogP contribution is -2.49. The Hall–Kier alpha value is -1.75. The number of hydrogen-bond donors (Lipinski definition) is 1. The van der Waals surface area contributed by atoms with Crippen molar-refractivity contribution in [2.45, 2.75) is 32.8 Å². The van der Waals surface area contributed by atoms with Crippen molar-refractivity contribution in [3.05, 3.63) is 58.6 Å². The highest BCUT2D eigenvalue weighted by Gasteiger charge is 2.20. The van der Waals surface area contributed by atoms with Crippen LogP contribution in [-0.2, 0) is 0 Å². The average molecular weight is 403 g/mol. The fraction of sp³-hybridized carbons (Fsp3) is 0.478. The highest BCUT2D eigenvalue weighted by Crippen LogP contribution is 2.24. The summed E-state index contributed by atoms with van der Waals surface area (Å²) in [4.78, 5) is 4.63. The van der Waals surface area contributed by atoms with Gasteiger partial charge in [0.1, 0.15) is 18.5 Å². The molecule has 3 rings (SSSR count). The SMILES string of the molecule is Cc1cc(OCC(O)CN2CCN(c3cccc(Cl)c3)CC2)ccc1C(C)C. The molecule has 1 heterocycles. The number of halogens is 1. The van der Waals surface area contributed by atoms with Gasteiger partial charge in [0.05, 0.1) is 0 Å². The number of hydrogen-bond acceptors (Lipinski definition) is 4. The number of benzene rings is 2. The molecule has 5 heteroatoms. The van der Waals surface area contributed by atoms with Gasteiger partial charge in [0.2, 0.25) is 0 Å². The Bertz CT molecular complexity index is 773. The first-order valence-electron chi connectivity index (χ1n) is 10.1. The second-order valence-corrected chi connectivity index (χ2v) is 8.34. The lowest BCUT2D eigenvalue weighted by atomic mass is 9.98. The summed E-state index contributed by atoms with van der Waals surface area (Å²) < 4.78 is 5.83. The van der Waals surface area contributed by atoms with Crippen molar-refractivity contribution in [3.8, 4) is 5.75 Å². The van der Waals surface area contributed by atoms with Gasteiger partial charge in [0.25, 0.3) is 0 Å². The van der Waals surface area contributed by atoms with Crippen LogP contribution >= 0.6 is 11.6 Å². The molecule has 2 aromatic rings. The molecular formula is C23H31ClN2O2. The molecule has 1 aliphatic heterocycles. The van der Waals surface area contributed by atoms with Crippen LogP contribution in [-0.4, -0.2) is 55.4 Å². The zero-order valence-electron chi connectivity index (χ0n) is 17.1. The topological polar surface area (TPSA) is 35.9 Å². The predicted molar refractivity (Wildman–Crippen MR) is 117 cm³/mol. The molecule has 1 N–H and O–H groups in total. The van der Waals surface area contributed by atoms with Crippen molar-refractivity contribution >= 4 is 17.3 Å². The normalized spacial score (nSPS) is 16.4. The molecule has 1 fully saturated rings. The summed E-state index contributed by atoms with van der Waals surface area (Å²) in [5.41, 5.74) is 3.74. The molecule has 1 unspecified atom stereocenters. The molecular weight excluding hydrogens is 372 g/mol. The highest BCUT2D eigenvalue weighted by atomic mass is 35.5. The van der Waals surface area contributed by atoms with Crippen LogP contribution in [0.15, 0.2) is 42.5 Å². The van der Waals surface area contributed by atoms with Crippen LogP contribution in [0, 0.1) is 6.92 Å². The van der Waals surface area contributed by atoms with Crippen molar-refractivity contribution in [2.75, 3.05) is 44.2 Å². The van der Waals surface area contributed by atoms with E-state index in [9.17, 15) is 5.11 Å². The molecule has 1 atom stereocenters. The van der Waals surface area contributed by atoms with E-state index in [-0.39, 0.29) is 0 Å². The maximum atomic E-state index is 10.4. The minimum atomic E-state index is -0.497. The van der Waals surface area contributed by atoms with Gasteiger partial charge in [-0.15, -0.1) is 0 Å². The molecule has 0 bridgehead atoms. The molecule has 0 spiro atoms. The largest absolute Gasteiger partial charge is 0.491 e. The zero-order valence-corrected chi connectivity index (χ0v) is 17.8. The molecule has 0 aromatic heterocycles. The van der Waals surface area contributed by atoms with Crippen molar-refractivity contribution in [3.63, 3.8) is 0 Å². The van der Waals surface area contributed by atoms with E-state index < -0.39 is 6.10 Å². The van der Waals surface area contributed by atoms with E-state index in [0.29, 0.717) is 19.1 Å². The molecule has 0 amide bonds. The summed E-state index contributed by atoms with van der Waals surface area (Å²) in [5, 5.41) is 11.2. The number of β-amino-alcohol motifs (C(OH)–C–C–N with tert-alkyl or cyclic N) is 1. The Morgan fingerprint density at radius 2 is 1.82 bits per heavy atom. The number of rotatable bonds is 7. The van der Waals surface area contributed by atoms with Crippen LogP contribution < -0.4 is 9.64 Å². The van der Waals surface area contributed by atoms with Crippen molar-refractivity contribution in [2.24, 2.45) is 0 Å². The van der Waals surface area contributed by atoms with E-state index in [1.807, 2.05) is 24.3 Å². The third-order valence-corrected chi connectivity index (χ3v) is 5.56. The molecule has 28 heavy (non-hydrogen) atoms. The summed E-state index contributed by atoms with van der Waals surface area (Å²) in [6, 6.07) is 14.2. The Morgan fingerprint density at radius 1 is 1.07 bits per heavy atom. The number of aliphatic hydroxyl groups is 1. The third kappa shape index (κ3) is 5.63.